The van der Waals surface area contributed by atoms with Gasteiger partial charge in [0.05, 0.1) is 12.7 Å². The molecule has 0 aromatic heterocycles. The number of aliphatic hydroxyl groups is 1. The van der Waals surface area contributed by atoms with Crippen LogP contribution in [0.1, 0.15) is 24.5 Å². The first kappa shape index (κ1) is 11.8. The van der Waals surface area contributed by atoms with Gasteiger partial charge in [-0.05, 0) is 25.5 Å². The molecule has 0 saturated heterocycles. The molecule has 2 nitrogen and oxygen atoms in total. The number of hydrogen-bond acceptors (Lipinski definition) is 2. The standard InChI is InChI=1S/C13H18O2/c1-4-5-11(3)15-13-8-10(2)6-7-12(13)9-14/h4,6-8,11,14H,1,5,9H2,2-3H3. The Bertz CT molecular complexity index is 331. The normalized spacial score (nSPS) is 12.2. The maximum Gasteiger partial charge on any atom is 0.125 e. The smallest absolute Gasteiger partial charge is 0.125 e. The summed E-state index contributed by atoms with van der Waals surface area (Å²) >= 11 is 0. The van der Waals surface area contributed by atoms with E-state index >= 15 is 0 Å². The Morgan fingerprint density at radius 1 is 1.53 bits per heavy atom. The fourth-order valence-corrected chi connectivity index (χ4v) is 1.40. The van der Waals surface area contributed by atoms with Gasteiger partial charge < -0.3 is 9.84 Å². The molecule has 0 radical (unpaired) electrons. The van der Waals surface area contributed by atoms with E-state index < -0.39 is 0 Å². The van der Waals surface area contributed by atoms with Crippen molar-refractivity contribution in [2.75, 3.05) is 0 Å². The van der Waals surface area contributed by atoms with Crippen molar-refractivity contribution in [3.8, 4) is 5.75 Å². The summed E-state index contributed by atoms with van der Waals surface area (Å²) in [7, 11) is 0. The van der Waals surface area contributed by atoms with Gasteiger partial charge in [-0.15, -0.1) is 6.58 Å². The van der Waals surface area contributed by atoms with E-state index in [2.05, 4.69) is 6.58 Å². The molecular weight excluding hydrogens is 188 g/mol. The first-order valence-electron chi connectivity index (χ1n) is 5.15. The maximum atomic E-state index is 9.15. The Morgan fingerprint density at radius 2 is 2.27 bits per heavy atom. The van der Waals surface area contributed by atoms with Crippen LogP contribution in [0.5, 0.6) is 5.75 Å². The highest BCUT2D eigenvalue weighted by atomic mass is 16.5. The second-order valence-electron chi connectivity index (χ2n) is 3.72. The van der Waals surface area contributed by atoms with E-state index in [1.165, 1.54) is 0 Å². The van der Waals surface area contributed by atoms with Crippen LogP contribution in [0.25, 0.3) is 0 Å². The summed E-state index contributed by atoms with van der Waals surface area (Å²) in [5, 5.41) is 9.15. The fourth-order valence-electron chi connectivity index (χ4n) is 1.40. The van der Waals surface area contributed by atoms with Gasteiger partial charge in [-0.2, -0.15) is 0 Å². The minimum Gasteiger partial charge on any atom is -0.490 e. The zero-order chi connectivity index (χ0) is 11.3. The van der Waals surface area contributed by atoms with Gasteiger partial charge in [-0.25, -0.2) is 0 Å². The lowest BCUT2D eigenvalue weighted by Crippen LogP contribution is -2.11. The zero-order valence-corrected chi connectivity index (χ0v) is 9.36. The highest BCUT2D eigenvalue weighted by molar-refractivity contribution is 5.36. The summed E-state index contributed by atoms with van der Waals surface area (Å²) in [6.45, 7) is 7.68. The van der Waals surface area contributed by atoms with Gasteiger partial charge in [0.2, 0.25) is 0 Å². The van der Waals surface area contributed by atoms with E-state index in [0.29, 0.717) is 0 Å². The molecule has 0 aliphatic carbocycles. The van der Waals surface area contributed by atoms with E-state index in [9.17, 15) is 0 Å². The largest absolute Gasteiger partial charge is 0.490 e. The molecule has 0 bridgehead atoms. The van der Waals surface area contributed by atoms with Gasteiger partial charge in [-0.1, -0.05) is 18.2 Å². The topological polar surface area (TPSA) is 29.5 Å². The van der Waals surface area contributed by atoms with Crippen molar-refractivity contribution < 1.29 is 9.84 Å². The highest BCUT2D eigenvalue weighted by Crippen LogP contribution is 2.22. The molecule has 0 amide bonds. The number of ether oxygens (including phenoxy) is 1. The van der Waals surface area contributed by atoms with Crippen LogP contribution in [0.15, 0.2) is 30.9 Å². The van der Waals surface area contributed by atoms with Crippen molar-refractivity contribution in [3.05, 3.63) is 42.0 Å². The van der Waals surface area contributed by atoms with Crippen LogP contribution in [0.2, 0.25) is 0 Å². The van der Waals surface area contributed by atoms with Crippen molar-refractivity contribution in [2.45, 2.75) is 33.0 Å². The molecule has 2 heteroatoms. The number of aliphatic hydroxyl groups excluding tert-OH is 1. The van der Waals surface area contributed by atoms with E-state index in [-0.39, 0.29) is 12.7 Å². The molecule has 1 atom stereocenters. The third-order valence-corrected chi connectivity index (χ3v) is 2.22. The summed E-state index contributed by atoms with van der Waals surface area (Å²) in [4.78, 5) is 0. The van der Waals surface area contributed by atoms with Crippen molar-refractivity contribution in [2.24, 2.45) is 0 Å². The molecule has 1 unspecified atom stereocenters. The van der Waals surface area contributed by atoms with Crippen molar-refractivity contribution in [3.63, 3.8) is 0 Å². The molecule has 1 aromatic rings. The van der Waals surface area contributed by atoms with Crippen LogP contribution in [-0.4, -0.2) is 11.2 Å². The van der Waals surface area contributed by atoms with E-state index in [1.54, 1.807) is 0 Å². The third-order valence-electron chi connectivity index (χ3n) is 2.22. The molecule has 0 aliphatic rings. The first-order chi connectivity index (χ1) is 7.17. The summed E-state index contributed by atoms with van der Waals surface area (Å²) in [5.41, 5.74) is 1.96. The average Bonchev–Trinajstić information content (AvgIpc) is 2.18. The molecule has 1 rings (SSSR count). The second-order valence-corrected chi connectivity index (χ2v) is 3.72. The predicted molar refractivity (Wildman–Crippen MR) is 62.0 cm³/mol. The molecule has 82 valence electrons. The Morgan fingerprint density at radius 3 is 2.87 bits per heavy atom. The van der Waals surface area contributed by atoms with Gasteiger partial charge >= 0.3 is 0 Å². The third kappa shape index (κ3) is 3.40. The van der Waals surface area contributed by atoms with E-state index in [0.717, 1.165) is 23.3 Å². The quantitative estimate of drug-likeness (QED) is 0.751. The first-order valence-corrected chi connectivity index (χ1v) is 5.15. The number of rotatable bonds is 5. The van der Waals surface area contributed by atoms with Crippen LogP contribution in [0.3, 0.4) is 0 Å². The lowest BCUT2D eigenvalue weighted by Gasteiger charge is -2.16. The minimum atomic E-state index is 0.0103. The van der Waals surface area contributed by atoms with Crippen LogP contribution in [0.4, 0.5) is 0 Å². The molecule has 0 aliphatic heterocycles. The summed E-state index contributed by atoms with van der Waals surface area (Å²) in [5.74, 6) is 0.770. The van der Waals surface area contributed by atoms with Crippen LogP contribution in [0, 0.1) is 6.92 Å². The SMILES string of the molecule is C=CCC(C)Oc1cc(C)ccc1CO. The molecule has 0 heterocycles. The summed E-state index contributed by atoms with van der Waals surface area (Å²) in [6, 6.07) is 5.81. The molecular formula is C13H18O2. The molecule has 15 heavy (non-hydrogen) atoms. The van der Waals surface area contributed by atoms with Gasteiger partial charge in [0.15, 0.2) is 0 Å². The van der Waals surface area contributed by atoms with Crippen molar-refractivity contribution in [1.29, 1.82) is 0 Å². The molecule has 0 fully saturated rings. The monoisotopic (exact) mass is 206 g/mol. The van der Waals surface area contributed by atoms with Crippen LogP contribution >= 0.6 is 0 Å². The molecule has 1 aromatic carbocycles. The van der Waals surface area contributed by atoms with Crippen LogP contribution in [-0.2, 0) is 6.61 Å². The summed E-state index contributed by atoms with van der Waals surface area (Å²) in [6.07, 6.45) is 2.73. The fraction of sp³-hybridized carbons (Fsp3) is 0.385. The van der Waals surface area contributed by atoms with Gasteiger partial charge in [0, 0.05) is 12.0 Å². The maximum absolute atomic E-state index is 9.15. The Balaban J connectivity index is 2.81. The predicted octanol–water partition coefficient (Wildman–Crippen LogP) is 2.83. The minimum absolute atomic E-state index is 0.0103. The van der Waals surface area contributed by atoms with Crippen molar-refractivity contribution >= 4 is 0 Å². The highest BCUT2D eigenvalue weighted by Gasteiger charge is 2.06. The van der Waals surface area contributed by atoms with Crippen LogP contribution < -0.4 is 4.74 Å². The Labute approximate surface area is 91.2 Å². The second kappa shape index (κ2) is 5.56. The lowest BCUT2D eigenvalue weighted by molar-refractivity contribution is 0.212. The Kier molecular flexibility index (Phi) is 4.37. The van der Waals surface area contributed by atoms with E-state index in [4.69, 9.17) is 9.84 Å². The van der Waals surface area contributed by atoms with Gasteiger partial charge in [0.25, 0.3) is 0 Å². The average molecular weight is 206 g/mol. The lowest BCUT2D eigenvalue weighted by atomic mass is 10.1. The van der Waals surface area contributed by atoms with E-state index in [1.807, 2.05) is 38.1 Å². The summed E-state index contributed by atoms with van der Waals surface area (Å²) < 4.78 is 5.73. The van der Waals surface area contributed by atoms with Gasteiger partial charge in [-0.3, -0.25) is 0 Å². The number of aryl methyl sites for hydroxylation is 1. The Hall–Kier alpha value is -1.28. The molecule has 0 saturated carbocycles. The molecule has 1 N–H and O–H groups in total. The number of benzene rings is 1. The van der Waals surface area contributed by atoms with Crippen molar-refractivity contribution in [1.82, 2.24) is 0 Å². The number of hydrogen-bond donors (Lipinski definition) is 1. The zero-order valence-electron chi connectivity index (χ0n) is 9.36. The van der Waals surface area contributed by atoms with Gasteiger partial charge in [0.1, 0.15) is 5.75 Å². The molecule has 0 spiro atoms.